The first kappa shape index (κ1) is 16.3. The second kappa shape index (κ2) is 6.30. The lowest BCUT2D eigenvalue weighted by Gasteiger charge is -2.29. The molecule has 2 aliphatic heterocycles. The molecule has 1 saturated heterocycles. The Labute approximate surface area is 145 Å². The van der Waals surface area contributed by atoms with Crippen LogP contribution in [-0.2, 0) is 10.0 Å². The minimum atomic E-state index is -3.20. The summed E-state index contributed by atoms with van der Waals surface area (Å²) in [4.78, 5) is 0. The van der Waals surface area contributed by atoms with Crippen LogP contribution in [0.25, 0.3) is 11.5 Å². The quantitative estimate of drug-likeness (QED) is 0.818. The maximum absolute atomic E-state index is 12.1. The lowest BCUT2D eigenvalue weighted by atomic mass is 10.00. The molecule has 8 nitrogen and oxygen atoms in total. The van der Waals surface area contributed by atoms with Crippen molar-refractivity contribution in [1.82, 2.24) is 14.5 Å². The van der Waals surface area contributed by atoms with E-state index in [1.54, 1.807) is 19.1 Å². The van der Waals surface area contributed by atoms with Gasteiger partial charge in [0.15, 0.2) is 11.5 Å². The number of fused-ring (bicyclic) bond motifs is 1. The smallest absolute Gasteiger partial charge is 0.247 e. The van der Waals surface area contributed by atoms with Crippen molar-refractivity contribution in [1.29, 1.82) is 0 Å². The van der Waals surface area contributed by atoms with Crippen LogP contribution < -0.4 is 9.47 Å². The van der Waals surface area contributed by atoms with E-state index in [0.29, 0.717) is 36.4 Å². The predicted molar refractivity (Wildman–Crippen MR) is 88.9 cm³/mol. The Morgan fingerprint density at radius 1 is 1.24 bits per heavy atom. The van der Waals surface area contributed by atoms with Crippen LogP contribution in [0.15, 0.2) is 22.6 Å². The molecule has 4 rings (SSSR count). The van der Waals surface area contributed by atoms with Gasteiger partial charge in [-0.15, -0.1) is 10.2 Å². The molecule has 1 fully saturated rings. The van der Waals surface area contributed by atoms with E-state index in [9.17, 15) is 8.42 Å². The number of hydrogen-bond donors (Lipinski definition) is 0. The van der Waals surface area contributed by atoms with E-state index in [1.807, 2.05) is 6.07 Å². The zero-order valence-corrected chi connectivity index (χ0v) is 14.7. The van der Waals surface area contributed by atoms with Gasteiger partial charge in [-0.2, -0.15) is 0 Å². The number of sulfonamides is 1. The average Bonchev–Trinajstić information content (AvgIpc) is 3.30. The Morgan fingerprint density at radius 3 is 2.92 bits per heavy atom. The third-order valence-electron chi connectivity index (χ3n) is 4.55. The third kappa shape index (κ3) is 3.09. The summed E-state index contributed by atoms with van der Waals surface area (Å²) in [6.07, 6.45) is 1.62. The molecule has 2 aliphatic rings. The van der Waals surface area contributed by atoms with Crippen molar-refractivity contribution in [3.8, 4) is 23.0 Å². The molecule has 2 aromatic rings. The lowest BCUT2D eigenvalue weighted by molar-refractivity contribution is 0.174. The normalized spacial score (nSPS) is 20.8. The van der Waals surface area contributed by atoms with Crippen molar-refractivity contribution in [3.05, 3.63) is 24.1 Å². The largest absolute Gasteiger partial charge is 0.454 e. The number of piperidine rings is 1. The molecular weight excluding hydrogens is 346 g/mol. The van der Waals surface area contributed by atoms with E-state index in [1.165, 1.54) is 4.31 Å². The summed E-state index contributed by atoms with van der Waals surface area (Å²) in [5, 5.41) is 8.26. The fourth-order valence-corrected chi connectivity index (χ4v) is 4.30. The minimum absolute atomic E-state index is 0.0784. The Morgan fingerprint density at radius 2 is 2.08 bits per heavy atom. The van der Waals surface area contributed by atoms with Gasteiger partial charge in [0.05, 0.1) is 11.7 Å². The van der Waals surface area contributed by atoms with Gasteiger partial charge in [0.2, 0.25) is 28.6 Å². The molecule has 9 heteroatoms. The molecule has 0 N–H and O–H groups in total. The van der Waals surface area contributed by atoms with Crippen molar-refractivity contribution in [2.24, 2.45) is 0 Å². The van der Waals surface area contributed by atoms with E-state index < -0.39 is 10.0 Å². The molecule has 134 valence electrons. The Balaban J connectivity index is 1.55. The van der Waals surface area contributed by atoms with Crippen LogP contribution >= 0.6 is 0 Å². The van der Waals surface area contributed by atoms with Crippen LogP contribution in [0.1, 0.15) is 31.6 Å². The van der Waals surface area contributed by atoms with Crippen molar-refractivity contribution >= 4 is 10.0 Å². The average molecular weight is 365 g/mol. The third-order valence-corrected chi connectivity index (χ3v) is 6.40. The van der Waals surface area contributed by atoms with Gasteiger partial charge >= 0.3 is 0 Å². The SMILES string of the molecule is CCS(=O)(=O)N1CCCC(c2nnc(-c3ccc4c(c3)OCO4)o2)C1. The fraction of sp³-hybridized carbons (Fsp3) is 0.500. The summed E-state index contributed by atoms with van der Waals surface area (Å²) in [6.45, 7) is 2.80. The van der Waals surface area contributed by atoms with Gasteiger partial charge < -0.3 is 13.9 Å². The molecule has 0 amide bonds. The van der Waals surface area contributed by atoms with Gasteiger partial charge in [-0.1, -0.05) is 0 Å². The summed E-state index contributed by atoms with van der Waals surface area (Å²) >= 11 is 0. The molecule has 0 bridgehead atoms. The Kier molecular flexibility index (Phi) is 4.12. The van der Waals surface area contributed by atoms with Crippen LogP contribution in [0, 0.1) is 0 Å². The first-order valence-electron chi connectivity index (χ1n) is 8.28. The molecule has 1 aromatic carbocycles. The molecular formula is C16H19N3O5S. The molecule has 1 atom stereocenters. The molecule has 25 heavy (non-hydrogen) atoms. The summed E-state index contributed by atoms with van der Waals surface area (Å²) in [6, 6.07) is 5.44. The number of rotatable bonds is 4. The zero-order chi connectivity index (χ0) is 17.4. The van der Waals surface area contributed by atoms with Crippen LogP contribution in [-0.4, -0.2) is 48.6 Å². The summed E-state index contributed by atoms with van der Waals surface area (Å²) in [7, 11) is -3.20. The van der Waals surface area contributed by atoms with E-state index >= 15 is 0 Å². The van der Waals surface area contributed by atoms with Crippen molar-refractivity contribution in [2.45, 2.75) is 25.7 Å². The van der Waals surface area contributed by atoms with Gasteiger partial charge in [0.25, 0.3) is 0 Å². The van der Waals surface area contributed by atoms with Crippen LogP contribution in [0.4, 0.5) is 0 Å². The van der Waals surface area contributed by atoms with Crippen LogP contribution in [0.3, 0.4) is 0 Å². The maximum Gasteiger partial charge on any atom is 0.247 e. The number of benzene rings is 1. The molecule has 0 spiro atoms. The second-order valence-corrected chi connectivity index (χ2v) is 8.37. The molecule has 0 aliphatic carbocycles. The van der Waals surface area contributed by atoms with Crippen molar-refractivity contribution < 1.29 is 22.3 Å². The molecule has 1 aromatic heterocycles. The summed E-state index contributed by atoms with van der Waals surface area (Å²) in [5.41, 5.74) is 0.747. The van der Waals surface area contributed by atoms with Crippen molar-refractivity contribution in [3.63, 3.8) is 0 Å². The van der Waals surface area contributed by atoms with Gasteiger partial charge in [0.1, 0.15) is 0 Å². The highest BCUT2D eigenvalue weighted by Crippen LogP contribution is 2.36. The lowest BCUT2D eigenvalue weighted by Crippen LogP contribution is -2.39. The summed E-state index contributed by atoms with van der Waals surface area (Å²) < 4.78 is 42.2. The highest BCUT2D eigenvalue weighted by Gasteiger charge is 2.31. The highest BCUT2D eigenvalue weighted by molar-refractivity contribution is 7.89. The molecule has 3 heterocycles. The fourth-order valence-electron chi connectivity index (χ4n) is 3.12. The van der Waals surface area contributed by atoms with E-state index in [0.717, 1.165) is 18.4 Å². The molecule has 0 saturated carbocycles. The number of hydrogen-bond acceptors (Lipinski definition) is 7. The van der Waals surface area contributed by atoms with Crippen LogP contribution in [0.5, 0.6) is 11.5 Å². The first-order valence-corrected chi connectivity index (χ1v) is 9.89. The van der Waals surface area contributed by atoms with Gasteiger partial charge in [-0.05, 0) is 38.0 Å². The number of aromatic nitrogens is 2. The van der Waals surface area contributed by atoms with E-state index in [2.05, 4.69) is 10.2 Å². The number of nitrogens with zero attached hydrogens (tertiary/aromatic N) is 3. The van der Waals surface area contributed by atoms with E-state index in [4.69, 9.17) is 13.9 Å². The maximum atomic E-state index is 12.1. The van der Waals surface area contributed by atoms with Gasteiger partial charge in [-0.25, -0.2) is 12.7 Å². The zero-order valence-electron chi connectivity index (χ0n) is 13.8. The van der Waals surface area contributed by atoms with Gasteiger partial charge in [0, 0.05) is 18.7 Å². The minimum Gasteiger partial charge on any atom is -0.454 e. The van der Waals surface area contributed by atoms with Crippen LogP contribution in [0.2, 0.25) is 0 Å². The van der Waals surface area contributed by atoms with E-state index in [-0.39, 0.29) is 18.5 Å². The van der Waals surface area contributed by atoms with Gasteiger partial charge in [-0.3, -0.25) is 0 Å². The highest BCUT2D eigenvalue weighted by atomic mass is 32.2. The second-order valence-electron chi connectivity index (χ2n) is 6.11. The predicted octanol–water partition coefficient (Wildman–Crippen LogP) is 1.99. The summed E-state index contributed by atoms with van der Waals surface area (Å²) in [5.74, 6) is 2.23. The molecule has 0 radical (unpaired) electrons. The molecule has 1 unspecified atom stereocenters. The Bertz CT molecular complexity index is 880. The van der Waals surface area contributed by atoms with Crippen molar-refractivity contribution in [2.75, 3.05) is 25.6 Å². The Hall–Kier alpha value is -2.13. The first-order chi connectivity index (χ1) is 12.1. The number of ether oxygens (including phenoxy) is 2. The monoisotopic (exact) mass is 365 g/mol. The standard InChI is InChI=1S/C16H19N3O5S/c1-2-25(20,21)19-7-3-4-12(9-19)16-18-17-15(24-16)11-5-6-13-14(8-11)23-10-22-13/h5-6,8,12H,2-4,7,9-10H2,1H3. The topological polar surface area (TPSA) is 94.8 Å².